The van der Waals surface area contributed by atoms with E-state index in [1.165, 1.54) is 24.3 Å². The lowest BCUT2D eigenvalue weighted by atomic mass is 10.0. The smallest absolute Gasteiger partial charge is 0.335 e. The van der Waals surface area contributed by atoms with Gasteiger partial charge in [0.2, 0.25) is 10.0 Å². The maximum Gasteiger partial charge on any atom is 0.335 e. The summed E-state index contributed by atoms with van der Waals surface area (Å²) in [6, 6.07) is 10.0. The summed E-state index contributed by atoms with van der Waals surface area (Å²) in [6.07, 6.45) is 0. The van der Waals surface area contributed by atoms with E-state index in [0.717, 1.165) is 6.07 Å². The minimum atomic E-state index is -3.71. The highest BCUT2D eigenvalue weighted by Gasteiger charge is 2.22. The highest BCUT2D eigenvalue weighted by atomic mass is 32.2. The first-order valence-electron chi connectivity index (χ1n) is 7.20. The van der Waals surface area contributed by atoms with E-state index in [9.17, 15) is 18.3 Å². The molecule has 128 valence electrons. The number of rotatable bonds is 4. The number of carbonyl (C=O) groups is 1. The molecule has 0 spiro atoms. The van der Waals surface area contributed by atoms with Crippen LogP contribution in [0.15, 0.2) is 47.4 Å². The van der Waals surface area contributed by atoms with E-state index in [1.807, 2.05) is 0 Å². The molecule has 0 saturated carbocycles. The zero-order valence-corrected chi connectivity index (χ0v) is 14.4. The Bertz CT molecular complexity index is 882. The monoisotopic (exact) mass is 349 g/mol. The van der Waals surface area contributed by atoms with Crippen molar-refractivity contribution in [1.29, 1.82) is 0 Å². The van der Waals surface area contributed by atoms with Crippen molar-refractivity contribution in [3.63, 3.8) is 0 Å². The summed E-state index contributed by atoms with van der Waals surface area (Å²) in [5.41, 5.74) is 0.201. The fourth-order valence-corrected chi connectivity index (χ4v) is 3.67. The average molecular weight is 349 g/mol. The van der Waals surface area contributed by atoms with Gasteiger partial charge in [-0.2, -0.15) is 0 Å². The van der Waals surface area contributed by atoms with Crippen LogP contribution in [0.2, 0.25) is 0 Å². The zero-order valence-electron chi connectivity index (χ0n) is 13.6. The van der Waals surface area contributed by atoms with Crippen molar-refractivity contribution in [2.45, 2.75) is 31.2 Å². The number of aromatic hydroxyl groups is 1. The zero-order chi connectivity index (χ0) is 18.1. The second-order valence-electron chi connectivity index (χ2n) is 6.46. The SMILES string of the molecule is CC(C)(C)NS(=O)(=O)c1cccc(-c2cc(O)cc(C(=O)O)c2)c1. The summed E-state index contributed by atoms with van der Waals surface area (Å²) in [6.45, 7) is 5.22. The Hall–Kier alpha value is -2.38. The van der Waals surface area contributed by atoms with Crippen LogP contribution in [0.5, 0.6) is 5.75 Å². The predicted octanol–water partition coefficient (Wildman–Crippen LogP) is 2.83. The van der Waals surface area contributed by atoms with Gasteiger partial charge in [-0.15, -0.1) is 0 Å². The molecule has 0 fully saturated rings. The number of sulfonamides is 1. The van der Waals surface area contributed by atoms with Crippen molar-refractivity contribution in [1.82, 2.24) is 4.72 Å². The van der Waals surface area contributed by atoms with Gasteiger partial charge in [-0.25, -0.2) is 17.9 Å². The molecule has 0 atom stereocenters. The number of nitrogens with one attached hydrogen (secondary N) is 1. The molecule has 0 amide bonds. The normalized spacial score (nSPS) is 12.1. The van der Waals surface area contributed by atoms with Crippen molar-refractivity contribution >= 4 is 16.0 Å². The third-order valence-corrected chi connectivity index (χ3v) is 4.84. The Balaban J connectivity index is 2.51. The second-order valence-corrected chi connectivity index (χ2v) is 8.14. The van der Waals surface area contributed by atoms with Crippen LogP contribution in [-0.2, 0) is 10.0 Å². The summed E-state index contributed by atoms with van der Waals surface area (Å²) < 4.78 is 27.4. The third kappa shape index (κ3) is 4.33. The largest absolute Gasteiger partial charge is 0.508 e. The van der Waals surface area contributed by atoms with Gasteiger partial charge in [0.15, 0.2) is 0 Å². The second kappa shape index (κ2) is 6.26. The summed E-state index contributed by atoms with van der Waals surface area (Å²) in [4.78, 5) is 11.2. The van der Waals surface area contributed by atoms with Crippen LogP contribution in [0.3, 0.4) is 0 Å². The van der Waals surface area contributed by atoms with Crippen LogP contribution >= 0.6 is 0 Å². The van der Waals surface area contributed by atoms with Gasteiger partial charge < -0.3 is 10.2 Å². The number of carboxylic acid groups (broad SMARTS) is 1. The van der Waals surface area contributed by atoms with E-state index >= 15 is 0 Å². The maximum atomic E-state index is 12.4. The maximum absolute atomic E-state index is 12.4. The highest BCUT2D eigenvalue weighted by molar-refractivity contribution is 7.89. The van der Waals surface area contributed by atoms with Crippen molar-refractivity contribution in [2.24, 2.45) is 0 Å². The molecule has 0 radical (unpaired) electrons. The molecule has 24 heavy (non-hydrogen) atoms. The Labute approximate surface area is 140 Å². The minimum Gasteiger partial charge on any atom is -0.508 e. The van der Waals surface area contributed by atoms with Crippen LogP contribution in [0.4, 0.5) is 0 Å². The van der Waals surface area contributed by atoms with Crippen LogP contribution < -0.4 is 4.72 Å². The van der Waals surface area contributed by atoms with E-state index in [2.05, 4.69) is 4.72 Å². The first kappa shape index (κ1) is 18.0. The molecular formula is C17H19NO5S. The van der Waals surface area contributed by atoms with E-state index in [0.29, 0.717) is 11.1 Å². The molecule has 7 heteroatoms. The fraction of sp³-hybridized carbons (Fsp3) is 0.235. The average Bonchev–Trinajstić information content (AvgIpc) is 2.44. The summed E-state index contributed by atoms with van der Waals surface area (Å²) in [7, 11) is -3.71. The Kier molecular flexibility index (Phi) is 4.68. The first-order valence-corrected chi connectivity index (χ1v) is 8.68. The molecule has 0 heterocycles. The molecule has 0 unspecified atom stereocenters. The van der Waals surface area contributed by atoms with E-state index in [-0.39, 0.29) is 16.2 Å². The molecule has 2 aromatic rings. The number of aromatic carboxylic acids is 1. The highest BCUT2D eigenvalue weighted by Crippen LogP contribution is 2.27. The lowest BCUT2D eigenvalue weighted by Gasteiger charge is -2.20. The van der Waals surface area contributed by atoms with Gasteiger partial charge in [-0.3, -0.25) is 0 Å². The molecule has 3 N–H and O–H groups in total. The molecule has 2 aromatic carbocycles. The molecule has 0 bridgehead atoms. The van der Waals surface area contributed by atoms with Gasteiger partial charge in [0.25, 0.3) is 0 Å². The van der Waals surface area contributed by atoms with Crippen molar-refractivity contribution in [2.75, 3.05) is 0 Å². The summed E-state index contributed by atoms with van der Waals surface area (Å²) >= 11 is 0. The van der Waals surface area contributed by atoms with E-state index in [4.69, 9.17) is 5.11 Å². The fourth-order valence-electron chi connectivity index (χ4n) is 2.21. The number of hydrogen-bond acceptors (Lipinski definition) is 4. The quantitative estimate of drug-likeness (QED) is 0.787. The van der Waals surface area contributed by atoms with Crippen molar-refractivity contribution < 1.29 is 23.4 Å². The lowest BCUT2D eigenvalue weighted by Crippen LogP contribution is -2.40. The summed E-state index contributed by atoms with van der Waals surface area (Å²) in [5.74, 6) is -1.38. The van der Waals surface area contributed by atoms with Crippen molar-refractivity contribution in [3.05, 3.63) is 48.0 Å². The molecular weight excluding hydrogens is 330 g/mol. The number of benzene rings is 2. The van der Waals surface area contributed by atoms with Crippen LogP contribution in [0, 0.1) is 0 Å². The molecule has 0 aliphatic carbocycles. The number of phenols is 1. The van der Waals surface area contributed by atoms with E-state index < -0.39 is 21.5 Å². The van der Waals surface area contributed by atoms with Crippen LogP contribution in [0.1, 0.15) is 31.1 Å². The Morgan fingerprint density at radius 2 is 1.71 bits per heavy atom. The van der Waals surface area contributed by atoms with Crippen LogP contribution in [0.25, 0.3) is 11.1 Å². The topological polar surface area (TPSA) is 104 Å². The third-order valence-electron chi connectivity index (χ3n) is 3.08. The van der Waals surface area contributed by atoms with E-state index in [1.54, 1.807) is 32.9 Å². The molecule has 0 saturated heterocycles. The molecule has 2 rings (SSSR count). The summed E-state index contributed by atoms with van der Waals surface area (Å²) in [5, 5.41) is 18.8. The van der Waals surface area contributed by atoms with Crippen molar-refractivity contribution in [3.8, 4) is 16.9 Å². The van der Waals surface area contributed by atoms with Gasteiger partial charge in [-0.05, 0) is 62.2 Å². The van der Waals surface area contributed by atoms with Crippen LogP contribution in [-0.4, -0.2) is 30.1 Å². The first-order chi connectivity index (χ1) is 11.0. The standard InChI is InChI=1S/C17H19NO5S/c1-17(2,3)18-24(22,23)15-6-4-5-11(10-15)12-7-13(16(20)21)9-14(19)8-12/h4-10,18-19H,1-3H3,(H,20,21). The lowest BCUT2D eigenvalue weighted by molar-refractivity contribution is 0.0696. The van der Waals surface area contributed by atoms with Gasteiger partial charge in [0, 0.05) is 5.54 Å². The Morgan fingerprint density at radius 3 is 2.29 bits per heavy atom. The van der Waals surface area contributed by atoms with Gasteiger partial charge in [0.1, 0.15) is 5.75 Å². The molecule has 0 aliphatic rings. The predicted molar refractivity (Wildman–Crippen MR) is 90.6 cm³/mol. The van der Waals surface area contributed by atoms with Gasteiger partial charge in [0.05, 0.1) is 10.5 Å². The molecule has 0 aromatic heterocycles. The van der Waals surface area contributed by atoms with Gasteiger partial charge in [-0.1, -0.05) is 12.1 Å². The molecule has 0 aliphatic heterocycles. The molecule has 6 nitrogen and oxygen atoms in total. The number of phenolic OH excluding ortho intramolecular Hbond substituents is 1. The minimum absolute atomic E-state index is 0.0649. The number of hydrogen-bond donors (Lipinski definition) is 3. The Morgan fingerprint density at radius 1 is 1.04 bits per heavy atom. The van der Waals surface area contributed by atoms with Gasteiger partial charge >= 0.3 is 5.97 Å². The number of carboxylic acids is 1.